The van der Waals surface area contributed by atoms with Gasteiger partial charge in [-0.25, -0.2) is 0 Å². The zero-order valence-corrected chi connectivity index (χ0v) is 10.6. The Bertz CT molecular complexity index is 452. The third-order valence-corrected chi connectivity index (χ3v) is 2.53. The monoisotopic (exact) mass is 247 g/mol. The van der Waals surface area contributed by atoms with Crippen LogP contribution in [0.4, 0.5) is 5.69 Å². The number of methoxy groups -OCH3 is 1. The summed E-state index contributed by atoms with van der Waals surface area (Å²) in [4.78, 5) is 11.1. The van der Waals surface area contributed by atoms with Gasteiger partial charge >= 0.3 is 0 Å². The molecule has 18 heavy (non-hydrogen) atoms. The molecule has 0 fully saturated rings. The van der Waals surface area contributed by atoms with Gasteiger partial charge in [0.25, 0.3) is 0 Å². The molecule has 2 N–H and O–H groups in total. The van der Waals surface area contributed by atoms with Crippen LogP contribution in [0.3, 0.4) is 0 Å². The van der Waals surface area contributed by atoms with Crippen LogP contribution >= 0.6 is 0 Å². The van der Waals surface area contributed by atoms with Crippen molar-refractivity contribution in [3.8, 4) is 11.8 Å². The largest absolute Gasteiger partial charge is 0.495 e. The number of carbonyl (C=O) groups is 1. The van der Waals surface area contributed by atoms with E-state index in [0.29, 0.717) is 36.4 Å². The number of hydrogen-bond donors (Lipinski definition) is 2. The lowest BCUT2D eigenvalue weighted by Gasteiger charge is -2.12. The fourth-order valence-corrected chi connectivity index (χ4v) is 1.56. The van der Waals surface area contributed by atoms with E-state index in [0.717, 1.165) is 0 Å². The Balaban J connectivity index is 2.61. The van der Waals surface area contributed by atoms with Crippen LogP contribution in [0.25, 0.3) is 0 Å². The molecular formula is C13H17N3O2. The maximum absolute atomic E-state index is 11.1. The third-order valence-electron chi connectivity index (χ3n) is 2.53. The standard InChI is InChI=1S/C13H17N3O2/c1-15-12(17)7-4-8-16-13-10(9-14)5-3-6-11(13)18-2/h3,5-6,16H,4,7-8H2,1-2H3,(H,15,17). The summed E-state index contributed by atoms with van der Waals surface area (Å²) < 4.78 is 5.19. The Hall–Kier alpha value is -2.22. The van der Waals surface area contributed by atoms with Gasteiger partial charge in [0.05, 0.1) is 18.4 Å². The molecule has 0 aliphatic heterocycles. The second kappa shape index (κ2) is 7.17. The topological polar surface area (TPSA) is 74.2 Å². The highest BCUT2D eigenvalue weighted by Crippen LogP contribution is 2.27. The highest BCUT2D eigenvalue weighted by Gasteiger charge is 2.08. The molecule has 5 nitrogen and oxygen atoms in total. The molecule has 0 saturated heterocycles. The number of anilines is 1. The highest BCUT2D eigenvalue weighted by atomic mass is 16.5. The van der Waals surface area contributed by atoms with E-state index in [1.807, 2.05) is 0 Å². The lowest BCUT2D eigenvalue weighted by molar-refractivity contribution is -0.120. The number of para-hydroxylation sites is 1. The maximum atomic E-state index is 11.1. The third kappa shape index (κ3) is 3.67. The van der Waals surface area contributed by atoms with Crippen molar-refractivity contribution in [3.63, 3.8) is 0 Å². The molecule has 5 heteroatoms. The van der Waals surface area contributed by atoms with Crippen molar-refractivity contribution in [3.05, 3.63) is 23.8 Å². The minimum Gasteiger partial charge on any atom is -0.495 e. The van der Waals surface area contributed by atoms with Crippen LogP contribution in [0.5, 0.6) is 5.75 Å². The van der Waals surface area contributed by atoms with E-state index in [1.165, 1.54) is 0 Å². The average Bonchev–Trinajstić information content (AvgIpc) is 2.42. The second-order valence-electron chi connectivity index (χ2n) is 3.70. The van der Waals surface area contributed by atoms with E-state index in [4.69, 9.17) is 10.00 Å². The van der Waals surface area contributed by atoms with Crippen molar-refractivity contribution in [2.75, 3.05) is 26.0 Å². The first-order chi connectivity index (χ1) is 8.72. The molecule has 96 valence electrons. The molecular weight excluding hydrogens is 230 g/mol. The van der Waals surface area contributed by atoms with Crippen molar-refractivity contribution < 1.29 is 9.53 Å². The van der Waals surface area contributed by atoms with Gasteiger partial charge in [0, 0.05) is 20.0 Å². The normalized spacial score (nSPS) is 9.39. The van der Waals surface area contributed by atoms with Gasteiger partial charge in [0.2, 0.25) is 5.91 Å². The first-order valence-electron chi connectivity index (χ1n) is 5.74. The molecule has 0 saturated carbocycles. The fraction of sp³-hybridized carbons (Fsp3) is 0.385. The van der Waals surface area contributed by atoms with Crippen molar-refractivity contribution >= 4 is 11.6 Å². The Labute approximate surface area is 107 Å². The molecule has 1 rings (SSSR count). The number of nitriles is 1. The molecule has 1 aromatic rings. The molecule has 0 aliphatic carbocycles. The highest BCUT2D eigenvalue weighted by molar-refractivity contribution is 5.75. The predicted molar refractivity (Wildman–Crippen MR) is 69.5 cm³/mol. The zero-order chi connectivity index (χ0) is 13.4. The van der Waals surface area contributed by atoms with Crippen molar-refractivity contribution in [2.24, 2.45) is 0 Å². The maximum Gasteiger partial charge on any atom is 0.219 e. The molecule has 0 radical (unpaired) electrons. The van der Waals surface area contributed by atoms with Crippen LogP contribution < -0.4 is 15.4 Å². The lowest BCUT2D eigenvalue weighted by atomic mass is 10.1. The number of amides is 1. The van der Waals surface area contributed by atoms with Gasteiger partial charge in [-0.15, -0.1) is 0 Å². The van der Waals surface area contributed by atoms with Gasteiger partial charge in [-0.1, -0.05) is 6.07 Å². The Kier molecular flexibility index (Phi) is 5.52. The quantitative estimate of drug-likeness (QED) is 0.747. The smallest absolute Gasteiger partial charge is 0.219 e. The van der Waals surface area contributed by atoms with E-state index in [2.05, 4.69) is 16.7 Å². The molecule has 0 aliphatic rings. The zero-order valence-electron chi connectivity index (χ0n) is 10.6. The van der Waals surface area contributed by atoms with Crippen LogP contribution in [0.1, 0.15) is 18.4 Å². The molecule has 0 heterocycles. The summed E-state index contributed by atoms with van der Waals surface area (Å²) in [6.07, 6.45) is 1.16. The Morgan fingerprint density at radius 3 is 2.89 bits per heavy atom. The van der Waals surface area contributed by atoms with E-state index in [-0.39, 0.29) is 5.91 Å². The Morgan fingerprint density at radius 2 is 2.28 bits per heavy atom. The van der Waals surface area contributed by atoms with Gasteiger partial charge in [0.15, 0.2) is 0 Å². The van der Waals surface area contributed by atoms with Gasteiger partial charge in [-0.3, -0.25) is 4.79 Å². The molecule has 0 aromatic heterocycles. The van der Waals surface area contributed by atoms with Crippen LogP contribution in [0.2, 0.25) is 0 Å². The number of nitrogens with zero attached hydrogens (tertiary/aromatic N) is 1. The van der Waals surface area contributed by atoms with Crippen LogP contribution in [0, 0.1) is 11.3 Å². The average molecular weight is 247 g/mol. The van der Waals surface area contributed by atoms with Crippen LogP contribution in [0.15, 0.2) is 18.2 Å². The van der Waals surface area contributed by atoms with Gasteiger partial charge in [-0.2, -0.15) is 5.26 Å². The van der Waals surface area contributed by atoms with Crippen LogP contribution in [-0.4, -0.2) is 26.6 Å². The number of ether oxygens (including phenoxy) is 1. The first-order valence-corrected chi connectivity index (χ1v) is 5.74. The summed E-state index contributed by atoms with van der Waals surface area (Å²) in [5.41, 5.74) is 1.22. The fourth-order valence-electron chi connectivity index (χ4n) is 1.56. The number of benzene rings is 1. The van der Waals surface area contributed by atoms with E-state index in [1.54, 1.807) is 32.4 Å². The summed E-state index contributed by atoms with van der Waals surface area (Å²) in [6, 6.07) is 7.40. The van der Waals surface area contributed by atoms with Crippen LogP contribution in [-0.2, 0) is 4.79 Å². The molecule has 0 unspecified atom stereocenters. The van der Waals surface area contributed by atoms with Gasteiger partial charge in [-0.05, 0) is 18.6 Å². The van der Waals surface area contributed by atoms with Gasteiger partial charge in [0.1, 0.15) is 11.8 Å². The van der Waals surface area contributed by atoms with E-state index < -0.39 is 0 Å². The minimum absolute atomic E-state index is 0.0114. The molecule has 1 amide bonds. The predicted octanol–water partition coefficient (Wildman–Crippen LogP) is 1.50. The van der Waals surface area contributed by atoms with E-state index >= 15 is 0 Å². The summed E-state index contributed by atoms with van der Waals surface area (Å²) in [7, 11) is 3.18. The Morgan fingerprint density at radius 1 is 1.50 bits per heavy atom. The summed E-state index contributed by atoms with van der Waals surface area (Å²) in [5.74, 6) is 0.645. The van der Waals surface area contributed by atoms with Crippen molar-refractivity contribution in [2.45, 2.75) is 12.8 Å². The summed E-state index contributed by atoms with van der Waals surface area (Å²) >= 11 is 0. The second-order valence-corrected chi connectivity index (χ2v) is 3.70. The summed E-state index contributed by atoms with van der Waals surface area (Å²) in [6.45, 7) is 0.614. The summed E-state index contributed by atoms with van der Waals surface area (Å²) in [5, 5.41) is 14.7. The number of hydrogen-bond acceptors (Lipinski definition) is 4. The molecule has 0 spiro atoms. The molecule has 0 bridgehead atoms. The van der Waals surface area contributed by atoms with Crippen molar-refractivity contribution in [1.29, 1.82) is 5.26 Å². The number of carbonyl (C=O) groups excluding carboxylic acids is 1. The SMILES string of the molecule is CNC(=O)CCCNc1c(C#N)cccc1OC. The first kappa shape index (κ1) is 13.8. The lowest BCUT2D eigenvalue weighted by Crippen LogP contribution is -2.18. The van der Waals surface area contributed by atoms with Crippen molar-refractivity contribution in [1.82, 2.24) is 5.32 Å². The molecule has 0 atom stereocenters. The molecule has 1 aromatic carbocycles. The minimum atomic E-state index is 0.0114. The number of nitrogens with one attached hydrogen (secondary N) is 2. The number of rotatable bonds is 6. The van der Waals surface area contributed by atoms with Gasteiger partial charge < -0.3 is 15.4 Å². The van der Waals surface area contributed by atoms with E-state index in [9.17, 15) is 4.79 Å².